The molecule has 0 saturated carbocycles. The Morgan fingerprint density at radius 2 is 1.75 bits per heavy atom. The number of halogens is 2. The Morgan fingerprint density at radius 1 is 1.05 bits per heavy atom. The maximum absolute atomic E-state index is 5.69. The van der Waals surface area contributed by atoms with E-state index in [0.717, 1.165) is 22.5 Å². The topological polar surface area (TPSA) is 21.3 Å². The van der Waals surface area contributed by atoms with Gasteiger partial charge in [-0.05, 0) is 55.3 Å². The van der Waals surface area contributed by atoms with Crippen molar-refractivity contribution in [3.63, 3.8) is 0 Å². The van der Waals surface area contributed by atoms with Crippen LogP contribution in [-0.2, 0) is 0 Å². The van der Waals surface area contributed by atoms with Gasteiger partial charge in [0, 0.05) is 21.2 Å². The molecule has 20 heavy (non-hydrogen) atoms. The lowest BCUT2D eigenvalue weighted by molar-refractivity contribution is 0.332. The van der Waals surface area contributed by atoms with E-state index in [2.05, 4.69) is 63.2 Å². The third kappa shape index (κ3) is 4.25. The van der Waals surface area contributed by atoms with Crippen molar-refractivity contribution in [1.82, 2.24) is 0 Å². The van der Waals surface area contributed by atoms with Crippen molar-refractivity contribution >= 4 is 37.5 Å². The largest absolute Gasteiger partial charge is 0.492 e. The quantitative estimate of drug-likeness (QED) is 0.688. The lowest BCUT2D eigenvalue weighted by atomic mass is 10.1. The smallest absolute Gasteiger partial charge is 0.120 e. The monoisotopic (exact) mass is 397 g/mol. The van der Waals surface area contributed by atoms with Gasteiger partial charge in [-0.25, -0.2) is 0 Å². The van der Waals surface area contributed by atoms with E-state index < -0.39 is 0 Å². The van der Waals surface area contributed by atoms with Crippen LogP contribution in [0.4, 0.5) is 5.69 Å². The highest BCUT2D eigenvalue weighted by atomic mass is 79.9. The average molecular weight is 399 g/mol. The Morgan fingerprint density at radius 3 is 2.40 bits per heavy atom. The van der Waals surface area contributed by atoms with Crippen LogP contribution in [0.2, 0.25) is 0 Å². The fourth-order valence-electron chi connectivity index (χ4n) is 1.97. The number of aryl methyl sites for hydroxylation is 2. The lowest BCUT2D eigenvalue weighted by Crippen LogP contribution is -2.11. The normalized spacial score (nSPS) is 10.4. The van der Waals surface area contributed by atoms with Crippen LogP contribution in [0.15, 0.2) is 45.3 Å². The van der Waals surface area contributed by atoms with E-state index >= 15 is 0 Å². The first-order valence-electron chi connectivity index (χ1n) is 6.45. The zero-order valence-corrected chi connectivity index (χ0v) is 14.7. The third-order valence-electron chi connectivity index (χ3n) is 2.93. The number of benzene rings is 2. The summed E-state index contributed by atoms with van der Waals surface area (Å²) < 4.78 is 7.90. The van der Waals surface area contributed by atoms with Gasteiger partial charge in [0.25, 0.3) is 0 Å². The van der Waals surface area contributed by atoms with Crippen LogP contribution in [0.25, 0.3) is 0 Å². The Hall–Kier alpha value is -1.000. The minimum absolute atomic E-state index is 0.630. The third-order valence-corrected chi connectivity index (χ3v) is 4.68. The average Bonchev–Trinajstić information content (AvgIpc) is 2.41. The molecule has 0 spiro atoms. The molecule has 2 aromatic rings. The lowest BCUT2D eigenvalue weighted by Gasteiger charge is -2.11. The van der Waals surface area contributed by atoms with Crippen LogP contribution in [0, 0.1) is 13.8 Å². The zero-order valence-electron chi connectivity index (χ0n) is 11.5. The molecule has 0 aliphatic rings. The van der Waals surface area contributed by atoms with Crippen molar-refractivity contribution in [2.24, 2.45) is 0 Å². The number of ether oxygens (including phenoxy) is 1. The van der Waals surface area contributed by atoms with Gasteiger partial charge in [0.2, 0.25) is 0 Å². The van der Waals surface area contributed by atoms with Crippen molar-refractivity contribution in [2.45, 2.75) is 13.8 Å². The number of hydrogen-bond acceptors (Lipinski definition) is 2. The van der Waals surface area contributed by atoms with E-state index in [1.807, 2.05) is 24.3 Å². The van der Waals surface area contributed by atoms with Crippen molar-refractivity contribution < 1.29 is 4.74 Å². The second kappa shape index (κ2) is 7.14. The molecule has 0 heterocycles. The Kier molecular flexibility index (Phi) is 5.49. The molecule has 0 saturated heterocycles. The molecule has 2 rings (SSSR count). The molecule has 106 valence electrons. The van der Waals surface area contributed by atoms with Crippen molar-refractivity contribution in [3.05, 3.63) is 56.5 Å². The molecule has 0 atom stereocenters. The van der Waals surface area contributed by atoms with E-state index in [0.29, 0.717) is 6.61 Å². The molecule has 0 amide bonds. The van der Waals surface area contributed by atoms with Gasteiger partial charge in [0.1, 0.15) is 12.4 Å². The minimum Gasteiger partial charge on any atom is -0.492 e. The van der Waals surface area contributed by atoms with Gasteiger partial charge in [-0.1, -0.05) is 37.9 Å². The molecule has 0 aliphatic heterocycles. The van der Waals surface area contributed by atoms with E-state index in [1.165, 1.54) is 15.6 Å². The van der Waals surface area contributed by atoms with Gasteiger partial charge in [0.15, 0.2) is 0 Å². The maximum atomic E-state index is 5.69. The number of nitrogens with one attached hydrogen (secondary N) is 1. The Bertz CT molecular complexity index is 576. The first-order chi connectivity index (χ1) is 9.56. The fourth-order valence-corrected chi connectivity index (χ4v) is 2.58. The van der Waals surface area contributed by atoms with Gasteiger partial charge >= 0.3 is 0 Å². The van der Waals surface area contributed by atoms with E-state index in [4.69, 9.17) is 4.74 Å². The summed E-state index contributed by atoms with van der Waals surface area (Å²) in [4.78, 5) is 0. The first-order valence-corrected chi connectivity index (χ1v) is 8.04. The molecule has 0 aromatic heterocycles. The number of hydrogen-bond donors (Lipinski definition) is 1. The fraction of sp³-hybridized carbons (Fsp3) is 0.250. The summed E-state index contributed by atoms with van der Waals surface area (Å²) in [6.07, 6.45) is 0. The molecule has 0 fully saturated rings. The number of rotatable bonds is 5. The second-order valence-electron chi connectivity index (χ2n) is 4.66. The zero-order chi connectivity index (χ0) is 14.5. The summed E-state index contributed by atoms with van der Waals surface area (Å²) in [5.41, 5.74) is 3.60. The van der Waals surface area contributed by atoms with E-state index in [9.17, 15) is 0 Å². The molecule has 0 aliphatic carbocycles. The van der Waals surface area contributed by atoms with Crippen LogP contribution in [-0.4, -0.2) is 13.2 Å². The summed E-state index contributed by atoms with van der Waals surface area (Å²) in [6.45, 7) is 5.60. The van der Waals surface area contributed by atoms with Gasteiger partial charge in [-0.3, -0.25) is 0 Å². The van der Waals surface area contributed by atoms with Crippen LogP contribution in [0.5, 0.6) is 5.75 Å². The SMILES string of the molecule is Cc1cc(NCCOc2cccc(Br)c2)cc(C)c1Br. The number of anilines is 1. The Labute approximate surface area is 136 Å². The van der Waals surface area contributed by atoms with Crippen LogP contribution in [0.3, 0.4) is 0 Å². The summed E-state index contributed by atoms with van der Waals surface area (Å²) in [5.74, 6) is 0.879. The standard InChI is InChI=1S/C16H17Br2NO/c1-11-8-14(9-12(2)16(11)18)19-6-7-20-15-5-3-4-13(17)10-15/h3-5,8-10,19H,6-7H2,1-2H3. The van der Waals surface area contributed by atoms with Gasteiger partial charge < -0.3 is 10.1 Å². The summed E-state index contributed by atoms with van der Waals surface area (Å²) in [6, 6.07) is 12.1. The van der Waals surface area contributed by atoms with Crippen molar-refractivity contribution in [2.75, 3.05) is 18.5 Å². The van der Waals surface area contributed by atoms with Crippen LogP contribution >= 0.6 is 31.9 Å². The molecular weight excluding hydrogens is 382 g/mol. The first kappa shape index (κ1) is 15.4. The summed E-state index contributed by atoms with van der Waals surface area (Å²) >= 11 is 7.01. The maximum Gasteiger partial charge on any atom is 0.120 e. The predicted molar refractivity (Wildman–Crippen MR) is 91.7 cm³/mol. The molecule has 0 unspecified atom stereocenters. The van der Waals surface area contributed by atoms with Crippen molar-refractivity contribution in [3.8, 4) is 5.75 Å². The molecule has 0 bridgehead atoms. The van der Waals surface area contributed by atoms with Crippen LogP contribution < -0.4 is 10.1 Å². The summed E-state index contributed by atoms with van der Waals surface area (Å²) in [7, 11) is 0. The molecule has 2 nitrogen and oxygen atoms in total. The highest BCUT2D eigenvalue weighted by Crippen LogP contribution is 2.25. The summed E-state index contributed by atoms with van der Waals surface area (Å²) in [5, 5.41) is 3.38. The molecule has 2 aromatic carbocycles. The van der Waals surface area contributed by atoms with Crippen molar-refractivity contribution in [1.29, 1.82) is 0 Å². The Balaban J connectivity index is 1.84. The highest BCUT2D eigenvalue weighted by Gasteiger charge is 2.02. The second-order valence-corrected chi connectivity index (χ2v) is 6.37. The van der Waals surface area contributed by atoms with Crippen LogP contribution in [0.1, 0.15) is 11.1 Å². The predicted octanol–water partition coefficient (Wildman–Crippen LogP) is 5.32. The van der Waals surface area contributed by atoms with Gasteiger partial charge in [-0.15, -0.1) is 0 Å². The van der Waals surface area contributed by atoms with Gasteiger partial charge in [-0.2, -0.15) is 0 Å². The molecular formula is C16H17Br2NO. The molecule has 4 heteroatoms. The van der Waals surface area contributed by atoms with Gasteiger partial charge in [0.05, 0.1) is 0 Å². The molecule has 0 radical (unpaired) electrons. The van der Waals surface area contributed by atoms with E-state index in [-0.39, 0.29) is 0 Å². The molecule has 1 N–H and O–H groups in total. The minimum atomic E-state index is 0.630. The highest BCUT2D eigenvalue weighted by molar-refractivity contribution is 9.10. The van der Waals surface area contributed by atoms with E-state index in [1.54, 1.807) is 0 Å².